The van der Waals surface area contributed by atoms with Crippen LogP contribution in [0.3, 0.4) is 0 Å². The van der Waals surface area contributed by atoms with Crippen molar-refractivity contribution in [1.29, 1.82) is 0 Å². The Kier molecular flexibility index (Phi) is 8.99. The minimum absolute atomic E-state index is 0. The summed E-state index contributed by atoms with van der Waals surface area (Å²) in [6.07, 6.45) is 0. The van der Waals surface area contributed by atoms with E-state index in [0.717, 1.165) is 8.69 Å². The van der Waals surface area contributed by atoms with E-state index in [1.807, 2.05) is 6.92 Å². The van der Waals surface area contributed by atoms with E-state index in [1.165, 1.54) is 4.88 Å². The van der Waals surface area contributed by atoms with Crippen LogP contribution in [0.5, 0.6) is 0 Å². The van der Waals surface area contributed by atoms with Gasteiger partial charge in [0.2, 0.25) is 0 Å². The summed E-state index contributed by atoms with van der Waals surface area (Å²) in [4.78, 5) is 2.47. The van der Waals surface area contributed by atoms with E-state index in [-0.39, 0.29) is 18.3 Å². The molecular weight excluding hydrogens is 296 g/mol. The summed E-state index contributed by atoms with van der Waals surface area (Å²) in [7, 11) is 3.48. The first-order chi connectivity index (χ1) is 7.44. The lowest BCUT2D eigenvalue weighted by molar-refractivity contribution is 0.598. The van der Waals surface area contributed by atoms with Gasteiger partial charge in [0.1, 0.15) is 3.82 Å². The molecule has 0 radical (unpaired) electrons. The predicted molar refractivity (Wildman–Crippen MR) is 96.2 cm³/mol. The maximum absolute atomic E-state index is 5.03. The van der Waals surface area contributed by atoms with Crippen LogP contribution in [0.1, 0.15) is 60.8 Å². The molecule has 0 nitrogen and oxygen atoms in total. The maximum atomic E-state index is 5.03. The normalized spacial score (nSPS) is 11.1. The summed E-state index contributed by atoms with van der Waals surface area (Å²) in [6, 6.07) is 2.10. The molecule has 0 aliphatic carbocycles. The van der Waals surface area contributed by atoms with Crippen molar-refractivity contribution in [1.82, 2.24) is 0 Å². The van der Waals surface area contributed by atoms with Gasteiger partial charge in [0.25, 0.3) is 0 Å². The number of hydrogen-bond donors (Lipinski definition) is 0. The third kappa shape index (κ3) is 8.46. The molecule has 1 heterocycles. The first-order valence-electron chi connectivity index (χ1n) is 5.56. The molecule has 0 aliphatic heterocycles. The summed E-state index contributed by atoms with van der Waals surface area (Å²) in [5.74, 6) is 0. The van der Waals surface area contributed by atoms with Gasteiger partial charge in [-0.15, -0.1) is 0 Å². The average Bonchev–Trinajstić information content (AvgIpc) is 2.50. The van der Waals surface area contributed by atoms with Crippen LogP contribution in [0, 0.1) is 9.24 Å². The zero-order valence-corrected chi connectivity index (χ0v) is 15.0. The molecule has 1 rings (SSSR count). The molecule has 0 amide bonds. The lowest BCUT2D eigenvalue weighted by Crippen LogP contribution is -2.13. The van der Waals surface area contributed by atoms with Crippen molar-refractivity contribution in [2.75, 3.05) is 0 Å². The summed E-state index contributed by atoms with van der Waals surface area (Å²) in [5, 5.41) is 0. The molecule has 0 spiro atoms. The summed E-state index contributed by atoms with van der Waals surface area (Å²) in [5.41, 5.74) is 0.507. The van der Waals surface area contributed by atoms with Crippen molar-refractivity contribution in [2.24, 2.45) is 5.41 Å². The van der Waals surface area contributed by atoms with E-state index in [2.05, 4.69) is 47.6 Å². The second-order valence-electron chi connectivity index (χ2n) is 6.05. The molecule has 0 N–H and O–H groups in total. The molecule has 0 fully saturated rings. The van der Waals surface area contributed by atoms with Crippen molar-refractivity contribution < 1.29 is 0 Å². The van der Waals surface area contributed by atoms with Crippen LogP contribution in [-0.4, -0.2) is 4.86 Å². The second kappa shape index (κ2) is 7.83. The highest BCUT2D eigenvalue weighted by atomic mass is 32.9. The zero-order chi connectivity index (χ0) is 13.9. The Bertz CT molecular complexity index is 410. The Labute approximate surface area is 131 Å². The Morgan fingerprint density at radius 3 is 1.56 bits per heavy atom. The van der Waals surface area contributed by atoms with Crippen LogP contribution >= 0.6 is 45.1 Å². The van der Waals surface area contributed by atoms with Gasteiger partial charge in [-0.1, -0.05) is 94.1 Å². The highest BCUT2D eigenvalue weighted by Crippen LogP contribution is 2.30. The van der Waals surface area contributed by atoms with Gasteiger partial charge in [-0.3, -0.25) is 0 Å². The quantitative estimate of drug-likeness (QED) is 0.376. The van der Waals surface area contributed by atoms with Crippen molar-refractivity contribution >= 4 is 50.0 Å². The average molecular weight is 323 g/mol. The van der Waals surface area contributed by atoms with Gasteiger partial charge in [-0.2, -0.15) is 0 Å². The van der Waals surface area contributed by atoms with Crippen LogP contribution in [0.4, 0.5) is 0 Å². The molecule has 4 heteroatoms. The third-order valence-electron chi connectivity index (χ3n) is 2.26. The SMILES string of the molecule is C.CC(=S)C(C)(C)C.CC(C)(C)c1cc(=S)ss1. The fraction of sp³-hybridized carbons (Fsp3) is 0.714. The molecule has 18 heavy (non-hydrogen) atoms. The van der Waals surface area contributed by atoms with E-state index in [4.69, 9.17) is 24.4 Å². The minimum Gasteiger partial charge on any atom is -0.0894 e. The van der Waals surface area contributed by atoms with E-state index in [9.17, 15) is 0 Å². The van der Waals surface area contributed by atoms with Crippen LogP contribution in [0.2, 0.25) is 0 Å². The van der Waals surface area contributed by atoms with E-state index in [0.29, 0.717) is 0 Å². The molecular formula is C14H26S4. The Morgan fingerprint density at radius 1 is 1.06 bits per heavy atom. The molecule has 0 aliphatic rings. The number of hydrogen-bond acceptors (Lipinski definition) is 4. The van der Waals surface area contributed by atoms with Crippen molar-refractivity contribution in [2.45, 2.75) is 61.3 Å². The molecule has 1 aromatic heterocycles. The zero-order valence-electron chi connectivity index (χ0n) is 11.7. The molecule has 1 aromatic rings. The molecule has 106 valence electrons. The van der Waals surface area contributed by atoms with Crippen LogP contribution in [0.15, 0.2) is 6.07 Å². The van der Waals surface area contributed by atoms with Gasteiger partial charge in [0.05, 0.1) is 0 Å². The summed E-state index contributed by atoms with van der Waals surface area (Å²) in [6.45, 7) is 15.0. The maximum Gasteiger partial charge on any atom is 0.102 e. The topological polar surface area (TPSA) is 0 Å². The van der Waals surface area contributed by atoms with Crippen molar-refractivity contribution in [3.05, 3.63) is 14.8 Å². The Balaban J connectivity index is 0. The fourth-order valence-electron chi connectivity index (χ4n) is 0.583. The van der Waals surface area contributed by atoms with Crippen LogP contribution in [0.25, 0.3) is 0 Å². The highest BCUT2D eigenvalue weighted by molar-refractivity contribution is 7.80. The van der Waals surface area contributed by atoms with Crippen molar-refractivity contribution in [3.63, 3.8) is 0 Å². The molecule has 0 saturated heterocycles. The fourth-order valence-corrected chi connectivity index (χ4v) is 3.46. The smallest absolute Gasteiger partial charge is 0.0894 e. The van der Waals surface area contributed by atoms with Crippen molar-refractivity contribution in [3.8, 4) is 0 Å². The number of rotatable bonds is 0. The lowest BCUT2D eigenvalue weighted by Gasteiger charge is -2.14. The molecule has 0 saturated carbocycles. The van der Waals surface area contributed by atoms with Gasteiger partial charge in [-0.25, -0.2) is 0 Å². The molecule has 0 unspecified atom stereocenters. The van der Waals surface area contributed by atoms with Gasteiger partial charge in [0, 0.05) is 4.88 Å². The van der Waals surface area contributed by atoms with Gasteiger partial charge >= 0.3 is 0 Å². The predicted octanol–water partition coefficient (Wildman–Crippen LogP) is 6.89. The molecule has 0 bridgehead atoms. The molecule has 0 atom stereocenters. The van der Waals surface area contributed by atoms with Gasteiger partial charge < -0.3 is 0 Å². The highest BCUT2D eigenvalue weighted by Gasteiger charge is 2.14. The molecule has 0 aromatic carbocycles. The number of thiocarbonyl (C=S) groups is 1. The van der Waals surface area contributed by atoms with E-state index < -0.39 is 0 Å². The largest absolute Gasteiger partial charge is 0.102 e. The third-order valence-corrected chi connectivity index (χ3v) is 6.16. The van der Waals surface area contributed by atoms with Gasteiger partial charge in [-0.05, 0) is 28.7 Å². The summed E-state index contributed by atoms with van der Waals surface area (Å²) < 4.78 is 1.01. The monoisotopic (exact) mass is 322 g/mol. The van der Waals surface area contributed by atoms with Crippen LogP contribution < -0.4 is 0 Å². The Hall–Kier alpha value is 0.360. The van der Waals surface area contributed by atoms with E-state index >= 15 is 0 Å². The van der Waals surface area contributed by atoms with Gasteiger partial charge in [0.15, 0.2) is 0 Å². The van der Waals surface area contributed by atoms with Crippen LogP contribution in [-0.2, 0) is 5.41 Å². The standard InChI is InChI=1S/C7H10S3.C6H12S.CH4/c1-7(2,3)5-4-6(8)10-9-5;1-5(7)6(2,3)4;/h4H,1-3H3;1-4H3;1H4. The Morgan fingerprint density at radius 2 is 1.44 bits per heavy atom. The first kappa shape index (κ1) is 20.7. The second-order valence-corrected chi connectivity index (χ2v) is 9.57. The first-order valence-corrected chi connectivity index (χ1v) is 8.53. The summed E-state index contributed by atoms with van der Waals surface area (Å²) >= 11 is 9.96. The van der Waals surface area contributed by atoms with E-state index in [1.54, 1.807) is 20.7 Å². The minimum atomic E-state index is 0. The lowest BCUT2D eigenvalue weighted by atomic mass is 9.93.